The van der Waals surface area contributed by atoms with E-state index in [1.165, 1.54) is 0 Å². The number of fused-ring (bicyclic) bond motifs is 2. The number of hydrogen-bond acceptors (Lipinski definition) is 4. The van der Waals surface area contributed by atoms with Crippen molar-refractivity contribution in [1.82, 2.24) is 4.98 Å². The van der Waals surface area contributed by atoms with Crippen LogP contribution in [0.5, 0.6) is 0 Å². The summed E-state index contributed by atoms with van der Waals surface area (Å²) in [4.78, 5) is 12.9. The van der Waals surface area contributed by atoms with Gasteiger partial charge < -0.3 is 10.2 Å². The van der Waals surface area contributed by atoms with E-state index in [4.69, 9.17) is 10.2 Å². The van der Waals surface area contributed by atoms with E-state index in [0.717, 1.165) is 16.6 Å². The molecule has 5 nitrogen and oxygen atoms in total. The standard InChI is InChI=1S/C15H10N4O/c16-13-9-5-1-2-6-10(9)14(18-13)19-15-17-11-7-3-4-8-12(11)20-15/h1-8H,(H2,16,17,18,19). The average molecular weight is 262 g/mol. The van der Waals surface area contributed by atoms with E-state index < -0.39 is 0 Å². The minimum absolute atomic E-state index is 0.287. The quantitative estimate of drug-likeness (QED) is 0.732. The van der Waals surface area contributed by atoms with Gasteiger partial charge in [0.05, 0.1) is 0 Å². The van der Waals surface area contributed by atoms with Crippen molar-refractivity contribution < 1.29 is 4.42 Å². The highest BCUT2D eigenvalue weighted by atomic mass is 16.4. The van der Waals surface area contributed by atoms with Crippen LogP contribution in [0.1, 0.15) is 11.1 Å². The van der Waals surface area contributed by atoms with Crippen molar-refractivity contribution >= 4 is 28.8 Å². The molecular weight excluding hydrogens is 252 g/mol. The van der Waals surface area contributed by atoms with Gasteiger partial charge in [0.2, 0.25) is 0 Å². The summed E-state index contributed by atoms with van der Waals surface area (Å²) >= 11 is 0. The van der Waals surface area contributed by atoms with Gasteiger partial charge in [0.15, 0.2) is 11.4 Å². The molecule has 1 aliphatic rings. The van der Waals surface area contributed by atoms with Crippen LogP contribution in [0.25, 0.3) is 11.1 Å². The minimum atomic E-state index is 0.287. The first-order valence-electron chi connectivity index (χ1n) is 6.19. The smallest absolute Gasteiger partial charge is 0.324 e. The predicted octanol–water partition coefficient (Wildman–Crippen LogP) is 2.63. The van der Waals surface area contributed by atoms with E-state index in [9.17, 15) is 0 Å². The zero-order valence-electron chi connectivity index (χ0n) is 10.4. The van der Waals surface area contributed by atoms with E-state index in [-0.39, 0.29) is 6.01 Å². The number of benzene rings is 2. The normalized spacial score (nSPS) is 15.6. The molecule has 0 amide bonds. The lowest BCUT2D eigenvalue weighted by Crippen LogP contribution is -2.09. The third-order valence-electron chi connectivity index (χ3n) is 3.15. The Bertz CT molecular complexity index is 843. The van der Waals surface area contributed by atoms with Gasteiger partial charge in [-0.25, -0.2) is 4.99 Å². The number of aromatic nitrogens is 1. The largest absolute Gasteiger partial charge is 0.422 e. The lowest BCUT2D eigenvalue weighted by molar-refractivity contribution is 0.613. The maximum absolute atomic E-state index is 5.88. The Morgan fingerprint density at radius 1 is 0.950 bits per heavy atom. The molecule has 0 bridgehead atoms. The van der Waals surface area contributed by atoms with Gasteiger partial charge in [0, 0.05) is 11.1 Å². The van der Waals surface area contributed by atoms with Gasteiger partial charge in [0.1, 0.15) is 11.4 Å². The maximum atomic E-state index is 5.88. The molecule has 3 aromatic rings. The van der Waals surface area contributed by atoms with Crippen LogP contribution in [0.4, 0.5) is 6.01 Å². The van der Waals surface area contributed by atoms with Gasteiger partial charge in [-0.05, 0) is 12.1 Å². The summed E-state index contributed by atoms with van der Waals surface area (Å²) in [6.07, 6.45) is 0. The van der Waals surface area contributed by atoms with Crippen LogP contribution in [-0.2, 0) is 0 Å². The number of nitrogens with two attached hydrogens (primary N) is 1. The summed E-state index contributed by atoms with van der Waals surface area (Å²) in [6.45, 7) is 0. The molecule has 20 heavy (non-hydrogen) atoms. The number of amidine groups is 2. The highest BCUT2D eigenvalue weighted by Crippen LogP contribution is 2.24. The summed E-state index contributed by atoms with van der Waals surface area (Å²) in [7, 11) is 0. The molecule has 1 aliphatic heterocycles. The van der Waals surface area contributed by atoms with E-state index in [0.29, 0.717) is 17.3 Å². The predicted molar refractivity (Wildman–Crippen MR) is 77.4 cm³/mol. The molecule has 1 aromatic heterocycles. The lowest BCUT2D eigenvalue weighted by atomic mass is 10.1. The number of nitrogens with zero attached hydrogens (tertiary/aromatic N) is 3. The van der Waals surface area contributed by atoms with E-state index in [1.807, 2.05) is 48.5 Å². The molecular formula is C15H10N4O. The summed E-state index contributed by atoms with van der Waals surface area (Å²) in [5.74, 6) is 1.00. The fourth-order valence-corrected chi connectivity index (χ4v) is 2.22. The molecule has 96 valence electrons. The van der Waals surface area contributed by atoms with Gasteiger partial charge in [-0.15, -0.1) is 0 Å². The van der Waals surface area contributed by atoms with Gasteiger partial charge in [-0.3, -0.25) is 0 Å². The number of oxazole rings is 1. The highest BCUT2D eigenvalue weighted by molar-refractivity contribution is 6.22. The summed E-state index contributed by atoms with van der Waals surface area (Å²) in [5, 5.41) is 0. The van der Waals surface area contributed by atoms with Crippen molar-refractivity contribution in [2.24, 2.45) is 15.7 Å². The molecule has 0 saturated heterocycles. The third-order valence-corrected chi connectivity index (χ3v) is 3.15. The topological polar surface area (TPSA) is 76.8 Å². The van der Waals surface area contributed by atoms with Crippen molar-refractivity contribution in [3.8, 4) is 0 Å². The Hall–Kier alpha value is -2.95. The average Bonchev–Trinajstić information content (AvgIpc) is 3.01. The van der Waals surface area contributed by atoms with Crippen LogP contribution in [0, 0.1) is 0 Å². The van der Waals surface area contributed by atoms with Crippen molar-refractivity contribution in [2.45, 2.75) is 0 Å². The van der Waals surface area contributed by atoms with Crippen molar-refractivity contribution in [1.29, 1.82) is 0 Å². The fourth-order valence-electron chi connectivity index (χ4n) is 2.22. The highest BCUT2D eigenvalue weighted by Gasteiger charge is 2.19. The first-order valence-corrected chi connectivity index (χ1v) is 6.19. The van der Waals surface area contributed by atoms with Gasteiger partial charge in [0.25, 0.3) is 0 Å². The molecule has 0 saturated carbocycles. The Labute approximate surface area is 114 Å². The van der Waals surface area contributed by atoms with Gasteiger partial charge in [-0.1, -0.05) is 36.4 Å². The van der Waals surface area contributed by atoms with Crippen molar-refractivity contribution in [3.63, 3.8) is 0 Å². The van der Waals surface area contributed by atoms with Crippen molar-refractivity contribution in [3.05, 3.63) is 59.7 Å². The Balaban J connectivity index is 1.85. The number of hydrogen-bond donors (Lipinski definition) is 1. The number of rotatable bonds is 1. The summed E-state index contributed by atoms with van der Waals surface area (Å²) < 4.78 is 5.57. The molecule has 0 aliphatic carbocycles. The monoisotopic (exact) mass is 262 g/mol. The van der Waals surface area contributed by atoms with E-state index in [1.54, 1.807) is 0 Å². The second-order valence-corrected chi connectivity index (χ2v) is 4.44. The molecule has 2 N–H and O–H groups in total. The molecule has 0 atom stereocenters. The molecule has 0 fully saturated rings. The van der Waals surface area contributed by atoms with Gasteiger partial charge >= 0.3 is 6.01 Å². The number of aliphatic imine (C=N–C) groups is 2. The third kappa shape index (κ3) is 1.60. The second-order valence-electron chi connectivity index (χ2n) is 4.44. The van der Waals surface area contributed by atoms with Crippen LogP contribution < -0.4 is 5.73 Å². The zero-order chi connectivity index (χ0) is 13.5. The maximum Gasteiger partial charge on any atom is 0.324 e. The first-order chi connectivity index (χ1) is 9.81. The van der Waals surface area contributed by atoms with Crippen LogP contribution in [0.2, 0.25) is 0 Å². The Morgan fingerprint density at radius 3 is 2.55 bits per heavy atom. The fraction of sp³-hybridized carbons (Fsp3) is 0. The Kier molecular flexibility index (Phi) is 2.20. The minimum Gasteiger partial charge on any atom is -0.422 e. The molecule has 0 spiro atoms. The summed E-state index contributed by atoms with van der Waals surface area (Å²) in [5.41, 5.74) is 9.15. The van der Waals surface area contributed by atoms with Crippen LogP contribution >= 0.6 is 0 Å². The summed E-state index contributed by atoms with van der Waals surface area (Å²) in [6, 6.07) is 15.5. The van der Waals surface area contributed by atoms with Crippen LogP contribution in [-0.4, -0.2) is 16.7 Å². The molecule has 0 unspecified atom stereocenters. The van der Waals surface area contributed by atoms with Crippen LogP contribution in [0.3, 0.4) is 0 Å². The SMILES string of the molecule is NC1=NC(=Nc2nc3ccccc3o2)c2ccccc21. The van der Waals surface area contributed by atoms with E-state index in [2.05, 4.69) is 15.0 Å². The van der Waals surface area contributed by atoms with Gasteiger partial charge in [-0.2, -0.15) is 9.98 Å². The molecule has 5 heteroatoms. The molecule has 4 rings (SSSR count). The second kappa shape index (κ2) is 4.03. The number of para-hydroxylation sites is 2. The van der Waals surface area contributed by atoms with E-state index >= 15 is 0 Å². The van der Waals surface area contributed by atoms with Crippen molar-refractivity contribution in [2.75, 3.05) is 0 Å². The van der Waals surface area contributed by atoms with Crippen LogP contribution in [0.15, 0.2) is 62.9 Å². The molecule has 0 radical (unpaired) electrons. The molecule has 2 aromatic carbocycles. The zero-order valence-corrected chi connectivity index (χ0v) is 10.4. The Morgan fingerprint density at radius 2 is 1.70 bits per heavy atom. The first kappa shape index (κ1) is 10.9. The lowest BCUT2D eigenvalue weighted by Gasteiger charge is -1.96. The molecule has 2 heterocycles.